The number of rotatable bonds is 6. The lowest BCUT2D eigenvalue weighted by Crippen LogP contribution is -2.34. The average molecular weight is 369 g/mol. The monoisotopic (exact) mass is 368 g/mol. The Bertz CT molecular complexity index is 778. The average Bonchev–Trinajstić information content (AvgIpc) is 3.05. The molecule has 0 spiro atoms. The van der Waals surface area contributed by atoms with Gasteiger partial charge < -0.3 is 5.32 Å². The number of aromatic nitrogens is 1. The molecule has 1 amide bonds. The first-order valence-corrected chi connectivity index (χ1v) is 9.88. The summed E-state index contributed by atoms with van der Waals surface area (Å²) in [6.07, 6.45) is 0. The second-order valence-corrected chi connectivity index (χ2v) is 8.22. The standard InChI is InChI=1S/C20H20N2OS2/c1-14-13-24-20(21-14)25-15(2)19(23)22-18(16-9-5-3-6-10-16)17-11-7-4-8-12-17/h3-13,15,18H,1-2H3,(H,22,23)/t15-/m1/s1. The molecule has 128 valence electrons. The SMILES string of the molecule is Cc1csc(S[C@H](C)C(=O)NC(c2ccccc2)c2ccccc2)n1. The Kier molecular flexibility index (Phi) is 5.89. The minimum Gasteiger partial charge on any atom is -0.344 e. The third-order valence-electron chi connectivity index (χ3n) is 3.80. The molecule has 0 saturated heterocycles. The maximum atomic E-state index is 12.8. The smallest absolute Gasteiger partial charge is 0.234 e. The van der Waals surface area contributed by atoms with E-state index in [0.717, 1.165) is 21.2 Å². The van der Waals surface area contributed by atoms with Gasteiger partial charge in [0, 0.05) is 11.1 Å². The molecule has 1 atom stereocenters. The molecule has 0 aliphatic carbocycles. The molecular weight excluding hydrogens is 348 g/mol. The summed E-state index contributed by atoms with van der Waals surface area (Å²) in [5.41, 5.74) is 3.14. The number of thiazole rings is 1. The molecule has 3 rings (SSSR count). The molecule has 1 aromatic heterocycles. The fraction of sp³-hybridized carbons (Fsp3) is 0.200. The number of aryl methyl sites for hydroxylation is 1. The molecule has 0 unspecified atom stereocenters. The molecule has 0 radical (unpaired) electrons. The van der Waals surface area contributed by atoms with E-state index in [9.17, 15) is 4.79 Å². The molecule has 0 bridgehead atoms. The highest BCUT2D eigenvalue weighted by Crippen LogP contribution is 2.28. The summed E-state index contributed by atoms with van der Waals surface area (Å²) in [6.45, 7) is 3.88. The topological polar surface area (TPSA) is 42.0 Å². The maximum Gasteiger partial charge on any atom is 0.234 e. The molecule has 0 aliphatic heterocycles. The Morgan fingerprint density at radius 1 is 1.04 bits per heavy atom. The molecule has 0 aliphatic rings. The van der Waals surface area contributed by atoms with E-state index in [1.54, 1.807) is 11.3 Å². The lowest BCUT2D eigenvalue weighted by molar-refractivity contribution is -0.120. The molecule has 3 nitrogen and oxygen atoms in total. The zero-order valence-electron chi connectivity index (χ0n) is 14.2. The van der Waals surface area contributed by atoms with Gasteiger partial charge in [-0.15, -0.1) is 11.3 Å². The Balaban J connectivity index is 1.76. The van der Waals surface area contributed by atoms with E-state index in [0.29, 0.717) is 0 Å². The fourth-order valence-corrected chi connectivity index (χ4v) is 4.50. The van der Waals surface area contributed by atoms with Gasteiger partial charge in [0.2, 0.25) is 5.91 Å². The highest BCUT2D eigenvalue weighted by Gasteiger charge is 2.21. The third-order valence-corrected chi connectivity index (χ3v) is 5.99. The summed E-state index contributed by atoms with van der Waals surface area (Å²) in [5, 5.41) is 4.99. The van der Waals surface area contributed by atoms with Gasteiger partial charge in [0.05, 0.1) is 11.3 Å². The predicted octanol–water partition coefficient (Wildman–Crippen LogP) is 4.84. The molecule has 5 heteroatoms. The fourth-order valence-electron chi connectivity index (χ4n) is 2.50. The van der Waals surface area contributed by atoms with Crippen LogP contribution in [0.25, 0.3) is 0 Å². The van der Waals surface area contributed by atoms with E-state index in [1.807, 2.05) is 79.9 Å². The Morgan fingerprint density at radius 2 is 1.60 bits per heavy atom. The lowest BCUT2D eigenvalue weighted by atomic mass is 9.98. The van der Waals surface area contributed by atoms with Crippen LogP contribution in [0.1, 0.15) is 29.8 Å². The van der Waals surface area contributed by atoms with Gasteiger partial charge in [-0.2, -0.15) is 0 Å². The second kappa shape index (κ2) is 8.32. The van der Waals surface area contributed by atoms with Gasteiger partial charge in [0.1, 0.15) is 0 Å². The van der Waals surface area contributed by atoms with Crippen molar-refractivity contribution in [3.05, 3.63) is 82.9 Å². The Hall–Kier alpha value is -2.11. The maximum absolute atomic E-state index is 12.8. The largest absolute Gasteiger partial charge is 0.344 e. The molecule has 2 aromatic carbocycles. The molecule has 0 fully saturated rings. The number of benzene rings is 2. The molecular formula is C20H20N2OS2. The zero-order valence-corrected chi connectivity index (χ0v) is 15.8. The van der Waals surface area contributed by atoms with Crippen molar-refractivity contribution in [1.82, 2.24) is 10.3 Å². The first-order valence-electron chi connectivity index (χ1n) is 8.12. The van der Waals surface area contributed by atoms with Gasteiger partial charge in [-0.25, -0.2) is 4.98 Å². The van der Waals surface area contributed by atoms with Crippen molar-refractivity contribution in [1.29, 1.82) is 0 Å². The number of thioether (sulfide) groups is 1. The highest BCUT2D eigenvalue weighted by atomic mass is 32.2. The second-order valence-electron chi connectivity index (χ2n) is 5.78. The van der Waals surface area contributed by atoms with E-state index in [4.69, 9.17) is 0 Å². The molecule has 1 N–H and O–H groups in total. The summed E-state index contributed by atoms with van der Waals surface area (Å²) in [6, 6.07) is 20.0. The van der Waals surface area contributed by atoms with Crippen molar-refractivity contribution in [2.45, 2.75) is 29.5 Å². The zero-order chi connectivity index (χ0) is 17.6. The van der Waals surface area contributed by atoms with Crippen molar-refractivity contribution in [3.8, 4) is 0 Å². The summed E-state index contributed by atoms with van der Waals surface area (Å²) in [4.78, 5) is 17.2. The van der Waals surface area contributed by atoms with Crippen LogP contribution in [-0.4, -0.2) is 16.1 Å². The number of amides is 1. The molecule has 1 heterocycles. The normalized spacial score (nSPS) is 12.1. The number of nitrogens with one attached hydrogen (secondary N) is 1. The van der Waals surface area contributed by atoms with Gasteiger partial charge in [0.25, 0.3) is 0 Å². The van der Waals surface area contributed by atoms with E-state index >= 15 is 0 Å². The molecule has 0 saturated carbocycles. The first kappa shape index (κ1) is 17.7. The van der Waals surface area contributed by atoms with Crippen LogP contribution in [0.15, 0.2) is 70.4 Å². The van der Waals surface area contributed by atoms with Crippen LogP contribution in [0.2, 0.25) is 0 Å². The van der Waals surface area contributed by atoms with E-state index in [1.165, 1.54) is 11.8 Å². The van der Waals surface area contributed by atoms with Gasteiger partial charge in [-0.05, 0) is 25.0 Å². The summed E-state index contributed by atoms with van der Waals surface area (Å²) in [5.74, 6) is 0.00978. The summed E-state index contributed by atoms with van der Waals surface area (Å²) >= 11 is 3.08. The van der Waals surface area contributed by atoms with Crippen LogP contribution in [0.4, 0.5) is 0 Å². The van der Waals surface area contributed by atoms with E-state index < -0.39 is 0 Å². The van der Waals surface area contributed by atoms with Crippen LogP contribution >= 0.6 is 23.1 Å². The first-order chi connectivity index (χ1) is 12.1. The van der Waals surface area contributed by atoms with Gasteiger partial charge in [0.15, 0.2) is 4.34 Å². The summed E-state index contributed by atoms with van der Waals surface area (Å²) < 4.78 is 0.927. The van der Waals surface area contributed by atoms with Crippen molar-refractivity contribution in [2.75, 3.05) is 0 Å². The van der Waals surface area contributed by atoms with Crippen LogP contribution in [0, 0.1) is 6.92 Å². The van der Waals surface area contributed by atoms with Crippen molar-refractivity contribution in [3.63, 3.8) is 0 Å². The van der Waals surface area contributed by atoms with E-state index in [-0.39, 0.29) is 17.2 Å². The lowest BCUT2D eigenvalue weighted by Gasteiger charge is -2.21. The Morgan fingerprint density at radius 3 is 2.08 bits per heavy atom. The van der Waals surface area contributed by atoms with Crippen molar-refractivity contribution >= 4 is 29.0 Å². The quantitative estimate of drug-likeness (QED) is 0.633. The highest BCUT2D eigenvalue weighted by molar-refractivity contribution is 8.02. The van der Waals surface area contributed by atoms with Crippen LogP contribution < -0.4 is 5.32 Å². The third kappa shape index (κ3) is 4.71. The van der Waals surface area contributed by atoms with Crippen LogP contribution in [0.5, 0.6) is 0 Å². The number of nitrogens with zero attached hydrogens (tertiary/aromatic N) is 1. The van der Waals surface area contributed by atoms with Crippen molar-refractivity contribution in [2.24, 2.45) is 0 Å². The van der Waals surface area contributed by atoms with Crippen LogP contribution in [-0.2, 0) is 4.79 Å². The van der Waals surface area contributed by atoms with Crippen molar-refractivity contribution < 1.29 is 4.79 Å². The van der Waals surface area contributed by atoms with Gasteiger partial charge >= 0.3 is 0 Å². The number of hydrogen-bond donors (Lipinski definition) is 1. The minimum atomic E-state index is -0.208. The number of carbonyl (C=O) groups is 1. The van der Waals surface area contributed by atoms with Gasteiger partial charge in [-0.3, -0.25) is 4.79 Å². The molecule has 3 aromatic rings. The molecule has 25 heavy (non-hydrogen) atoms. The predicted molar refractivity (Wildman–Crippen MR) is 105 cm³/mol. The Labute approximate surface area is 156 Å². The number of hydrogen-bond acceptors (Lipinski definition) is 4. The summed E-state index contributed by atoms with van der Waals surface area (Å²) in [7, 11) is 0. The minimum absolute atomic E-state index is 0.00978. The van der Waals surface area contributed by atoms with Gasteiger partial charge in [-0.1, -0.05) is 72.4 Å². The number of carbonyl (C=O) groups excluding carboxylic acids is 1. The van der Waals surface area contributed by atoms with Crippen LogP contribution in [0.3, 0.4) is 0 Å². The van der Waals surface area contributed by atoms with E-state index in [2.05, 4.69) is 10.3 Å².